The second kappa shape index (κ2) is 5.12. The van der Waals surface area contributed by atoms with Gasteiger partial charge >= 0.3 is 0 Å². The molecule has 2 rings (SSSR count). The van der Waals surface area contributed by atoms with Crippen LogP contribution >= 0.6 is 0 Å². The molecule has 15 heavy (non-hydrogen) atoms. The number of aromatic nitrogens is 2. The van der Waals surface area contributed by atoms with E-state index in [2.05, 4.69) is 27.0 Å². The highest BCUT2D eigenvalue weighted by molar-refractivity contribution is 4.99. The summed E-state index contributed by atoms with van der Waals surface area (Å²) < 4.78 is 2.06. The third kappa shape index (κ3) is 3.51. The van der Waals surface area contributed by atoms with Crippen molar-refractivity contribution in [2.24, 2.45) is 7.05 Å². The minimum atomic E-state index is 0.827. The van der Waals surface area contributed by atoms with E-state index in [0.717, 1.165) is 31.3 Å². The molecule has 1 aromatic heterocycles. The lowest BCUT2D eigenvalue weighted by molar-refractivity contribution is 0.689. The molecule has 0 bridgehead atoms. The smallest absolute Gasteiger partial charge is 0.112 e. The van der Waals surface area contributed by atoms with Crippen LogP contribution in [0, 0.1) is 0 Å². The second-order valence-electron chi connectivity index (χ2n) is 4.15. The Labute approximate surface area is 91.2 Å². The van der Waals surface area contributed by atoms with E-state index in [-0.39, 0.29) is 0 Å². The lowest BCUT2D eigenvalue weighted by Crippen LogP contribution is -2.16. The average molecular weight is 205 g/mol. The third-order valence-electron chi connectivity index (χ3n) is 2.71. The Bertz CT molecular complexity index is 323. The zero-order valence-electron chi connectivity index (χ0n) is 9.32. The first-order valence-corrected chi connectivity index (χ1v) is 5.71. The van der Waals surface area contributed by atoms with E-state index >= 15 is 0 Å². The fourth-order valence-corrected chi connectivity index (χ4v) is 1.56. The van der Waals surface area contributed by atoms with Crippen LogP contribution < -0.4 is 5.32 Å². The van der Waals surface area contributed by atoms with Gasteiger partial charge in [0.05, 0.1) is 0 Å². The molecule has 1 heterocycles. The summed E-state index contributed by atoms with van der Waals surface area (Å²) in [6, 6.07) is 0.827. The Hall–Kier alpha value is -1.09. The Kier molecular flexibility index (Phi) is 3.56. The van der Waals surface area contributed by atoms with Crippen molar-refractivity contribution < 1.29 is 0 Å². The van der Waals surface area contributed by atoms with Gasteiger partial charge in [0, 0.05) is 31.9 Å². The van der Waals surface area contributed by atoms with Crippen LogP contribution in [-0.4, -0.2) is 22.1 Å². The molecule has 1 N–H and O–H groups in total. The van der Waals surface area contributed by atoms with E-state index in [0.29, 0.717) is 0 Å². The molecule has 3 nitrogen and oxygen atoms in total. The molecule has 82 valence electrons. The normalized spacial score (nSPS) is 16.3. The fraction of sp³-hybridized carbons (Fsp3) is 0.583. The molecule has 0 saturated heterocycles. The van der Waals surface area contributed by atoms with Gasteiger partial charge in [0.1, 0.15) is 5.82 Å². The summed E-state index contributed by atoms with van der Waals surface area (Å²) in [5.74, 6) is 1.13. The van der Waals surface area contributed by atoms with Gasteiger partial charge in [-0.25, -0.2) is 4.98 Å². The maximum Gasteiger partial charge on any atom is 0.112 e. The van der Waals surface area contributed by atoms with Gasteiger partial charge in [-0.1, -0.05) is 12.2 Å². The van der Waals surface area contributed by atoms with Crippen LogP contribution in [0.15, 0.2) is 24.5 Å². The van der Waals surface area contributed by atoms with Gasteiger partial charge in [0.25, 0.3) is 0 Å². The van der Waals surface area contributed by atoms with Crippen molar-refractivity contribution in [3.05, 3.63) is 30.4 Å². The van der Waals surface area contributed by atoms with Gasteiger partial charge in [0.15, 0.2) is 0 Å². The van der Waals surface area contributed by atoms with E-state index in [1.165, 1.54) is 12.8 Å². The number of nitrogens with one attached hydrogen (secondary N) is 1. The highest BCUT2D eigenvalue weighted by Crippen LogP contribution is 2.18. The van der Waals surface area contributed by atoms with Crippen molar-refractivity contribution in [1.82, 2.24) is 14.9 Å². The van der Waals surface area contributed by atoms with E-state index in [1.54, 1.807) is 0 Å². The molecule has 0 aromatic carbocycles. The maximum absolute atomic E-state index is 4.27. The standard InChI is InChI=1S/C12H19N3/c1-15-10-9-14-12(15)5-3-2-4-8-13-11-6-7-11/h2-3,9-11,13H,4-8H2,1H3. The van der Waals surface area contributed by atoms with E-state index in [1.807, 2.05) is 19.4 Å². The lowest BCUT2D eigenvalue weighted by Gasteiger charge is -1.98. The first-order valence-electron chi connectivity index (χ1n) is 5.71. The van der Waals surface area contributed by atoms with Gasteiger partial charge < -0.3 is 9.88 Å². The number of hydrogen-bond acceptors (Lipinski definition) is 2. The summed E-state index contributed by atoms with van der Waals surface area (Å²) in [4.78, 5) is 4.27. The summed E-state index contributed by atoms with van der Waals surface area (Å²) in [5.41, 5.74) is 0. The minimum Gasteiger partial charge on any atom is -0.338 e. The van der Waals surface area contributed by atoms with Crippen LogP contribution in [0.1, 0.15) is 25.1 Å². The highest BCUT2D eigenvalue weighted by atomic mass is 15.0. The van der Waals surface area contributed by atoms with Crippen molar-refractivity contribution >= 4 is 0 Å². The lowest BCUT2D eigenvalue weighted by atomic mass is 10.3. The molecule has 0 aliphatic heterocycles. The van der Waals surface area contributed by atoms with Crippen molar-refractivity contribution in [2.45, 2.75) is 31.7 Å². The molecule has 1 saturated carbocycles. The highest BCUT2D eigenvalue weighted by Gasteiger charge is 2.19. The predicted octanol–water partition coefficient (Wildman–Crippen LogP) is 1.66. The van der Waals surface area contributed by atoms with Crippen molar-refractivity contribution in [3.8, 4) is 0 Å². The minimum absolute atomic E-state index is 0.827. The van der Waals surface area contributed by atoms with E-state index in [4.69, 9.17) is 0 Å². The van der Waals surface area contributed by atoms with Gasteiger partial charge in [-0.15, -0.1) is 0 Å². The SMILES string of the molecule is Cn1ccnc1CC=CCCNC1CC1. The number of nitrogens with zero attached hydrogens (tertiary/aromatic N) is 2. The number of hydrogen-bond donors (Lipinski definition) is 1. The van der Waals surface area contributed by atoms with Crippen LogP contribution in [0.5, 0.6) is 0 Å². The average Bonchev–Trinajstić information content (AvgIpc) is 2.96. The largest absolute Gasteiger partial charge is 0.338 e. The van der Waals surface area contributed by atoms with Gasteiger partial charge in [-0.3, -0.25) is 0 Å². The topological polar surface area (TPSA) is 29.9 Å². The van der Waals surface area contributed by atoms with Gasteiger partial charge in [0.2, 0.25) is 0 Å². The van der Waals surface area contributed by atoms with Gasteiger partial charge in [-0.2, -0.15) is 0 Å². The zero-order valence-corrected chi connectivity index (χ0v) is 9.32. The number of aryl methyl sites for hydroxylation is 1. The molecule has 0 spiro atoms. The third-order valence-corrected chi connectivity index (χ3v) is 2.71. The number of imidazole rings is 1. The van der Waals surface area contributed by atoms with Crippen LogP contribution in [0.3, 0.4) is 0 Å². The Balaban J connectivity index is 1.60. The molecule has 1 aliphatic rings. The second-order valence-corrected chi connectivity index (χ2v) is 4.15. The molecule has 1 aromatic rings. The molecule has 1 fully saturated rings. The maximum atomic E-state index is 4.27. The summed E-state index contributed by atoms with van der Waals surface area (Å²) in [7, 11) is 2.03. The van der Waals surface area contributed by atoms with Crippen LogP contribution in [0.25, 0.3) is 0 Å². The number of allylic oxidation sites excluding steroid dienone is 1. The quantitative estimate of drug-likeness (QED) is 0.565. The predicted molar refractivity (Wildman–Crippen MR) is 61.7 cm³/mol. The van der Waals surface area contributed by atoms with Gasteiger partial charge in [-0.05, 0) is 25.8 Å². The molecule has 0 atom stereocenters. The summed E-state index contributed by atoms with van der Waals surface area (Å²) >= 11 is 0. The Morgan fingerprint density at radius 1 is 1.53 bits per heavy atom. The monoisotopic (exact) mass is 205 g/mol. The summed E-state index contributed by atoms with van der Waals surface area (Å²) in [6.07, 6.45) is 13.1. The molecule has 0 radical (unpaired) electrons. The first kappa shape index (κ1) is 10.4. The van der Waals surface area contributed by atoms with Crippen molar-refractivity contribution in [1.29, 1.82) is 0 Å². The Morgan fingerprint density at radius 2 is 2.40 bits per heavy atom. The van der Waals surface area contributed by atoms with Crippen molar-refractivity contribution in [3.63, 3.8) is 0 Å². The summed E-state index contributed by atoms with van der Waals surface area (Å²) in [6.45, 7) is 1.11. The molecular weight excluding hydrogens is 186 g/mol. The Morgan fingerprint density at radius 3 is 3.07 bits per heavy atom. The van der Waals surface area contributed by atoms with Crippen LogP contribution in [0.4, 0.5) is 0 Å². The van der Waals surface area contributed by atoms with E-state index < -0.39 is 0 Å². The molecule has 3 heteroatoms. The summed E-state index contributed by atoms with van der Waals surface area (Å²) in [5, 5.41) is 3.49. The zero-order chi connectivity index (χ0) is 10.5. The molecular formula is C12H19N3. The van der Waals surface area contributed by atoms with E-state index in [9.17, 15) is 0 Å². The molecule has 0 amide bonds. The number of rotatable bonds is 6. The molecule has 0 unspecified atom stereocenters. The molecule has 1 aliphatic carbocycles. The van der Waals surface area contributed by atoms with Crippen LogP contribution in [-0.2, 0) is 13.5 Å². The fourth-order valence-electron chi connectivity index (χ4n) is 1.56. The van der Waals surface area contributed by atoms with Crippen LogP contribution in [0.2, 0.25) is 0 Å². The first-order chi connectivity index (χ1) is 7.36. The van der Waals surface area contributed by atoms with Crippen molar-refractivity contribution in [2.75, 3.05) is 6.54 Å².